The lowest BCUT2D eigenvalue weighted by Crippen LogP contribution is -2.20. The van der Waals surface area contributed by atoms with Crippen LogP contribution in [-0.2, 0) is 11.2 Å². The smallest absolute Gasteiger partial charge is 0.138 e. The number of fused-ring (bicyclic) bond motifs is 1. The summed E-state index contributed by atoms with van der Waals surface area (Å²) in [5, 5.41) is 2.34. The lowest BCUT2D eigenvalue weighted by atomic mass is 9.98. The van der Waals surface area contributed by atoms with Gasteiger partial charge in [0.1, 0.15) is 5.78 Å². The molecule has 0 spiro atoms. The summed E-state index contributed by atoms with van der Waals surface area (Å²) < 4.78 is 0. The van der Waals surface area contributed by atoms with Crippen molar-refractivity contribution in [2.45, 2.75) is 25.8 Å². The third-order valence-corrected chi connectivity index (χ3v) is 2.82. The summed E-state index contributed by atoms with van der Waals surface area (Å²) in [7, 11) is 0. The lowest BCUT2D eigenvalue weighted by molar-refractivity contribution is -0.118. The Balaban J connectivity index is 2.27. The van der Waals surface area contributed by atoms with Gasteiger partial charge in [-0.05, 0) is 23.3 Å². The van der Waals surface area contributed by atoms with Crippen LogP contribution in [0.25, 0.3) is 10.8 Å². The molecule has 2 nitrogen and oxygen atoms in total. The van der Waals surface area contributed by atoms with Gasteiger partial charge in [0.25, 0.3) is 0 Å². The highest BCUT2D eigenvalue weighted by Gasteiger charge is 2.08. The molecule has 0 fully saturated rings. The molecule has 2 aromatic rings. The molecule has 0 saturated carbocycles. The van der Waals surface area contributed by atoms with Crippen molar-refractivity contribution in [2.24, 2.45) is 5.73 Å². The predicted molar refractivity (Wildman–Crippen MR) is 70.9 cm³/mol. The van der Waals surface area contributed by atoms with E-state index in [-0.39, 0.29) is 11.8 Å². The van der Waals surface area contributed by atoms with Gasteiger partial charge in [-0.25, -0.2) is 0 Å². The van der Waals surface area contributed by atoms with E-state index in [1.54, 1.807) is 0 Å². The number of rotatable bonds is 4. The number of benzene rings is 2. The van der Waals surface area contributed by atoms with E-state index in [0.29, 0.717) is 12.8 Å². The number of hydrogen-bond donors (Lipinski definition) is 1. The van der Waals surface area contributed by atoms with Gasteiger partial charge in [-0.3, -0.25) is 4.79 Å². The fourth-order valence-electron chi connectivity index (χ4n) is 2.09. The summed E-state index contributed by atoms with van der Waals surface area (Å²) in [6, 6.07) is 14.2. The van der Waals surface area contributed by atoms with Crippen LogP contribution in [0.3, 0.4) is 0 Å². The summed E-state index contributed by atoms with van der Waals surface area (Å²) in [5.74, 6) is 0.205. The van der Waals surface area contributed by atoms with Crippen molar-refractivity contribution in [1.82, 2.24) is 0 Å². The highest BCUT2D eigenvalue weighted by Crippen LogP contribution is 2.19. The first-order valence-corrected chi connectivity index (χ1v) is 5.91. The Hall–Kier alpha value is -1.67. The fourth-order valence-corrected chi connectivity index (χ4v) is 2.09. The Morgan fingerprint density at radius 3 is 2.65 bits per heavy atom. The normalized spacial score (nSPS) is 12.6. The highest BCUT2D eigenvalue weighted by atomic mass is 16.1. The van der Waals surface area contributed by atoms with Crippen molar-refractivity contribution < 1.29 is 4.79 Å². The fraction of sp³-hybridized carbons (Fsp3) is 0.267. The van der Waals surface area contributed by atoms with E-state index in [4.69, 9.17) is 5.73 Å². The van der Waals surface area contributed by atoms with E-state index in [1.165, 1.54) is 5.39 Å². The predicted octanol–water partition coefficient (Wildman–Crippen LogP) is 2.69. The van der Waals surface area contributed by atoms with Crippen LogP contribution in [0.1, 0.15) is 18.9 Å². The van der Waals surface area contributed by atoms with Gasteiger partial charge in [0, 0.05) is 18.9 Å². The Bertz CT molecular complexity index is 526. The molecule has 0 saturated heterocycles. The number of nitrogens with two attached hydrogens (primary N) is 1. The third kappa shape index (κ3) is 2.92. The summed E-state index contributed by atoms with van der Waals surface area (Å²) in [6.07, 6.45) is 0.923. The molecule has 0 bridgehead atoms. The molecule has 88 valence electrons. The van der Waals surface area contributed by atoms with Crippen LogP contribution in [0.2, 0.25) is 0 Å². The number of carbonyl (C=O) groups is 1. The van der Waals surface area contributed by atoms with Crippen LogP contribution in [0.4, 0.5) is 0 Å². The van der Waals surface area contributed by atoms with Gasteiger partial charge in [0.2, 0.25) is 0 Å². The van der Waals surface area contributed by atoms with Crippen LogP contribution in [0.5, 0.6) is 0 Å². The van der Waals surface area contributed by atoms with E-state index in [9.17, 15) is 4.79 Å². The van der Waals surface area contributed by atoms with Crippen LogP contribution >= 0.6 is 0 Å². The van der Waals surface area contributed by atoms with Gasteiger partial charge in [-0.2, -0.15) is 0 Å². The molecule has 0 aliphatic carbocycles. The third-order valence-electron chi connectivity index (χ3n) is 2.82. The lowest BCUT2D eigenvalue weighted by Gasteiger charge is -2.07. The SMILES string of the molecule is CC(N)CC(=O)Cc1cccc2ccccc12. The second kappa shape index (κ2) is 5.11. The number of Topliss-reactive ketones (excluding diaryl/α,β-unsaturated/α-hetero) is 1. The summed E-state index contributed by atoms with van der Waals surface area (Å²) in [6.45, 7) is 1.86. The molecule has 0 heterocycles. The zero-order valence-electron chi connectivity index (χ0n) is 10.0. The van der Waals surface area contributed by atoms with Gasteiger partial charge < -0.3 is 5.73 Å². The van der Waals surface area contributed by atoms with E-state index >= 15 is 0 Å². The molecular formula is C15H17NO. The average Bonchev–Trinajstić information content (AvgIpc) is 2.28. The average molecular weight is 227 g/mol. The molecular weight excluding hydrogens is 210 g/mol. The minimum Gasteiger partial charge on any atom is -0.328 e. The van der Waals surface area contributed by atoms with E-state index in [0.717, 1.165) is 10.9 Å². The largest absolute Gasteiger partial charge is 0.328 e. The zero-order valence-corrected chi connectivity index (χ0v) is 10.0. The number of carbonyl (C=O) groups excluding carboxylic acids is 1. The maximum atomic E-state index is 11.8. The standard InChI is InChI=1S/C15H17NO/c1-11(16)9-14(17)10-13-7-4-6-12-5-2-3-8-15(12)13/h2-8,11H,9-10,16H2,1H3. The first kappa shape index (κ1) is 11.8. The topological polar surface area (TPSA) is 43.1 Å². The molecule has 2 rings (SSSR count). The molecule has 2 heteroatoms. The first-order valence-electron chi connectivity index (χ1n) is 5.91. The second-order valence-electron chi connectivity index (χ2n) is 4.54. The molecule has 0 aromatic heterocycles. The van der Waals surface area contributed by atoms with E-state index in [2.05, 4.69) is 18.2 Å². The molecule has 2 N–H and O–H groups in total. The molecule has 0 radical (unpaired) electrons. The van der Waals surface area contributed by atoms with Gasteiger partial charge in [-0.1, -0.05) is 42.5 Å². The van der Waals surface area contributed by atoms with Crippen molar-refractivity contribution in [3.63, 3.8) is 0 Å². The monoisotopic (exact) mass is 227 g/mol. The maximum Gasteiger partial charge on any atom is 0.138 e. The summed E-state index contributed by atoms with van der Waals surface area (Å²) in [5.41, 5.74) is 6.73. The Morgan fingerprint density at radius 2 is 1.88 bits per heavy atom. The van der Waals surface area contributed by atoms with Gasteiger partial charge >= 0.3 is 0 Å². The van der Waals surface area contributed by atoms with E-state index in [1.807, 2.05) is 31.2 Å². The van der Waals surface area contributed by atoms with Crippen molar-refractivity contribution >= 4 is 16.6 Å². The molecule has 0 aliphatic rings. The summed E-state index contributed by atoms with van der Waals surface area (Å²) in [4.78, 5) is 11.8. The van der Waals surface area contributed by atoms with Crippen molar-refractivity contribution in [1.29, 1.82) is 0 Å². The van der Waals surface area contributed by atoms with Gasteiger partial charge in [0.05, 0.1) is 0 Å². The molecule has 2 aromatic carbocycles. The Morgan fingerprint density at radius 1 is 1.18 bits per heavy atom. The Kier molecular flexibility index (Phi) is 3.55. The zero-order chi connectivity index (χ0) is 12.3. The van der Waals surface area contributed by atoms with Gasteiger partial charge in [-0.15, -0.1) is 0 Å². The van der Waals surface area contributed by atoms with Gasteiger partial charge in [0.15, 0.2) is 0 Å². The Labute approximate surface area is 101 Å². The van der Waals surface area contributed by atoms with Crippen LogP contribution in [0, 0.1) is 0 Å². The molecule has 0 amide bonds. The maximum absolute atomic E-state index is 11.8. The first-order chi connectivity index (χ1) is 8.16. The number of hydrogen-bond acceptors (Lipinski definition) is 2. The minimum absolute atomic E-state index is 0.0579. The molecule has 1 unspecified atom stereocenters. The number of ketones is 1. The molecule has 0 aliphatic heterocycles. The van der Waals surface area contributed by atoms with E-state index < -0.39 is 0 Å². The quantitative estimate of drug-likeness (QED) is 0.872. The van der Waals surface area contributed by atoms with Crippen molar-refractivity contribution in [2.75, 3.05) is 0 Å². The van der Waals surface area contributed by atoms with Crippen LogP contribution < -0.4 is 5.73 Å². The van der Waals surface area contributed by atoms with Crippen LogP contribution in [-0.4, -0.2) is 11.8 Å². The molecule has 1 atom stereocenters. The second-order valence-corrected chi connectivity index (χ2v) is 4.54. The minimum atomic E-state index is -0.0579. The van der Waals surface area contributed by atoms with Crippen molar-refractivity contribution in [3.8, 4) is 0 Å². The molecule has 17 heavy (non-hydrogen) atoms. The summed E-state index contributed by atoms with van der Waals surface area (Å²) >= 11 is 0. The van der Waals surface area contributed by atoms with Crippen LogP contribution in [0.15, 0.2) is 42.5 Å². The highest BCUT2D eigenvalue weighted by molar-refractivity contribution is 5.91. The van der Waals surface area contributed by atoms with Crippen molar-refractivity contribution in [3.05, 3.63) is 48.0 Å².